The largest absolute Gasteiger partial charge is 0.744 e. The molecule has 0 unspecified atom stereocenters. The van der Waals surface area contributed by atoms with Gasteiger partial charge in [0, 0.05) is 13.2 Å². The topological polar surface area (TPSA) is 147 Å². The number of unbranched alkanes of at least 4 members (excludes halogenated alkanes) is 1. The van der Waals surface area contributed by atoms with Gasteiger partial charge in [-0.05, 0) is 57.1 Å². The van der Waals surface area contributed by atoms with Crippen LogP contribution in [0.4, 0.5) is 0 Å². The van der Waals surface area contributed by atoms with Gasteiger partial charge in [-0.1, -0.05) is 12.1 Å². The number of hydrogen-bond donors (Lipinski definition) is 3. The molecule has 1 aromatic rings. The number of benzene rings is 1. The summed E-state index contributed by atoms with van der Waals surface area (Å²) in [5.74, 6) is 0. The smallest absolute Gasteiger partial charge is 0.208 e. The van der Waals surface area contributed by atoms with E-state index in [1.54, 1.807) is 0 Å². The highest BCUT2D eigenvalue weighted by Crippen LogP contribution is 2.09. The summed E-state index contributed by atoms with van der Waals surface area (Å²) < 4.78 is 55.2. The van der Waals surface area contributed by atoms with E-state index in [1.165, 1.54) is 24.3 Å². The highest BCUT2D eigenvalue weighted by Gasteiger charge is 2.01. The average molecular weight is 426 g/mol. The van der Waals surface area contributed by atoms with E-state index in [0.29, 0.717) is 12.1 Å². The molecule has 0 radical (unpaired) electrons. The number of hydrogen-bond acceptors (Lipinski definition) is 8. The van der Waals surface area contributed by atoms with Gasteiger partial charge in [0.15, 0.2) is 0 Å². The van der Waals surface area contributed by atoms with Gasteiger partial charge in [0.1, 0.15) is 10.1 Å². The van der Waals surface area contributed by atoms with Crippen molar-refractivity contribution in [2.45, 2.75) is 30.8 Å². The predicted molar refractivity (Wildman–Crippen MR) is 102 cm³/mol. The highest BCUT2D eigenvalue weighted by molar-refractivity contribution is 7.88. The molecular formula is C16H29N2O7S2-. The monoisotopic (exact) mass is 425 g/mol. The van der Waals surface area contributed by atoms with Crippen LogP contribution in [0.2, 0.25) is 0 Å². The summed E-state index contributed by atoms with van der Waals surface area (Å²) >= 11 is 0. The van der Waals surface area contributed by atoms with Crippen LogP contribution < -0.4 is 4.72 Å². The second-order valence-electron chi connectivity index (χ2n) is 6.01. The minimum Gasteiger partial charge on any atom is -0.744 e. The first-order valence-electron chi connectivity index (χ1n) is 8.39. The fourth-order valence-electron chi connectivity index (χ4n) is 1.97. The SMILES string of the molecule is CN(CCCCO)CCCNS(C)(=O)=O.O=S(=O)([O-])c1ccc(CO)cc1. The van der Waals surface area contributed by atoms with Gasteiger partial charge < -0.3 is 19.7 Å². The van der Waals surface area contributed by atoms with Crippen LogP contribution in [-0.2, 0) is 26.7 Å². The van der Waals surface area contributed by atoms with Gasteiger partial charge in [0.05, 0.1) is 17.8 Å². The van der Waals surface area contributed by atoms with Crippen LogP contribution in [0.15, 0.2) is 29.2 Å². The Kier molecular flexibility index (Phi) is 12.6. The molecule has 1 rings (SSSR count). The third kappa shape index (κ3) is 14.6. The molecule has 0 aliphatic heterocycles. The summed E-state index contributed by atoms with van der Waals surface area (Å²) in [7, 11) is -5.41. The van der Waals surface area contributed by atoms with E-state index in [1.807, 2.05) is 7.05 Å². The molecule has 1 aromatic carbocycles. The summed E-state index contributed by atoms with van der Waals surface area (Å²) in [6.45, 7) is 2.37. The van der Waals surface area contributed by atoms with Crippen LogP contribution in [0.1, 0.15) is 24.8 Å². The zero-order chi connectivity index (χ0) is 20.9. The lowest BCUT2D eigenvalue weighted by atomic mass is 10.2. The molecule has 3 N–H and O–H groups in total. The van der Waals surface area contributed by atoms with E-state index in [9.17, 15) is 21.4 Å². The maximum atomic E-state index is 10.7. The molecule has 0 aliphatic rings. The number of rotatable bonds is 11. The zero-order valence-electron chi connectivity index (χ0n) is 15.7. The molecular weight excluding hydrogens is 396 g/mol. The first-order chi connectivity index (χ1) is 12.5. The number of nitrogens with one attached hydrogen (secondary N) is 1. The van der Waals surface area contributed by atoms with Crippen molar-refractivity contribution in [3.8, 4) is 0 Å². The Morgan fingerprint density at radius 3 is 2.00 bits per heavy atom. The quantitative estimate of drug-likeness (QED) is 0.324. The van der Waals surface area contributed by atoms with Gasteiger partial charge in [-0.15, -0.1) is 0 Å². The Labute approximate surface area is 161 Å². The molecule has 0 fully saturated rings. The molecule has 0 heterocycles. The summed E-state index contributed by atoms with van der Waals surface area (Å²) in [5, 5.41) is 17.2. The molecule has 0 amide bonds. The summed E-state index contributed by atoms with van der Waals surface area (Å²) in [6.07, 6.45) is 3.78. The van der Waals surface area contributed by atoms with Gasteiger partial charge in [0.2, 0.25) is 10.0 Å². The first kappa shape index (κ1) is 25.9. The number of sulfonamides is 1. The van der Waals surface area contributed by atoms with Crippen LogP contribution in [0.5, 0.6) is 0 Å². The molecule has 158 valence electrons. The first-order valence-corrected chi connectivity index (χ1v) is 11.7. The molecule has 0 bridgehead atoms. The van der Waals surface area contributed by atoms with Crippen molar-refractivity contribution < 1.29 is 31.6 Å². The Morgan fingerprint density at radius 2 is 1.56 bits per heavy atom. The Balaban J connectivity index is 0.000000511. The molecule has 11 heteroatoms. The van der Waals surface area contributed by atoms with Gasteiger partial charge in [-0.25, -0.2) is 21.6 Å². The molecule has 0 spiro atoms. The maximum absolute atomic E-state index is 10.7. The molecule has 0 saturated carbocycles. The Hall–Kier alpha value is -1.08. The van der Waals surface area contributed by atoms with Crippen LogP contribution >= 0.6 is 0 Å². The van der Waals surface area contributed by atoms with Crippen molar-refractivity contribution in [1.82, 2.24) is 9.62 Å². The van der Waals surface area contributed by atoms with Crippen molar-refractivity contribution in [3.05, 3.63) is 29.8 Å². The normalized spacial score (nSPS) is 11.9. The lowest BCUT2D eigenvalue weighted by molar-refractivity contribution is 0.262. The summed E-state index contributed by atoms with van der Waals surface area (Å²) in [6, 6.07) is 5.14. The zero-order valence-corrected chi connectivity index (χ0v) is 17.3. The molecule has 27 heavy (non-hydrogen) atoms. The molecule has 0 saturated heterocycles. The van der Waals surface area contributed by atoms with E-state index in [0.717, 1.165) is 38.6 Å². The van der Waals surface area contributed by atoms with Crippen molar-refractivity contribution in [2.24, 2.45) is 0 Å². The standard InChI is InChI=1S/C9H22N2O3S.C7H8O4S/c1-11(7-3-4-9-12)8-5-6-10-15(2,13)14;8-5-6-1-3-7(4-2-6)12(9,10)11/h10,12H,3-9H2,1-2H3;1-4,8H,5H2,(H,9,10,11)/p-1. The number of aliphatic hydroxyl groups excluding tert-OH is 2. The van der Waals surface area contributed by atoms with Crippen LogP contribution in [0, 0.1) is 0 Å². The van der Waals surface area contributed by atoms with Crippen molar-refractivity contribution in [2.75, 3.05) is 39.5 Å². The van der Waals surface area contributed by atoms with Gasteiger partial charge in [0.25, 0.3) is 0 Å². The maximum Gasteiger partial charge on any atom is 0.208 e. The lowest BCUT2D eigenvalue weighted by Crippen LogP contribution is -2.28. The number of nitrogens with zero attached hydrogens (tertiary/aromatic N) is 1. The Morgan fingerprint density at radius 1 is 1.00 bits per heavy atom. The van der Waals surface area contributed by atoms with Crippen molar-refractivity contribution in [3.63, 3.8) is 0 Å². The number of aliphatic hydroxyl groups is 2. The van der Waals surface area contributed by atoms with E-state index in [4.69, 9.17) is 10.2 Å². The molecule has 9 nitrogen and oxygen atoms in total. The van der Waals surface area contributed by atoms with Gasteiger partial charge in [-0.3, -0.25) is 0 Å². The van der Waals surface area contributed by atoms with Crippen LogP contribution in [-0.4, -0.2) is 76.0 Å². The third-order valence-corrected chi connectivity index (χ3v) is 5.00. The van der Waals surface area contributed by atoms with Gasteiger partial charge >= 0.3 is 0 Å². The fraction of sp³-hybridized carbons (Fsp3) is 0.625. The summed E-state index contributed by atoms with van der Waals surface area (Å²) in [5.41, 5.74) is 0.572. The van der Waals surface area contributed by atoms with Crippen LogP contribution in [0.3, 0.4) is 0 Å². The second kappa shape index (κ2) is 13.2. The highest BCUT2D eigenvalue weighted by atomic mass is 32.2. The Bertz CT molecular complexity index is 720. The van der Waals surface area contributed by atoms with E-state index in [-0.39, 0.29) is 18.1 Å². The average Bonchev–Trinajstić information content (AvgIpc) is 2.58. The third-order valence-electron chi connectivity index (χ3n) is 3.42. The fourth-order valence-corrected chi connectivity index (χ4v) is 2.96. The minimum atomic E-state index is -4.36. The molecule has 0 aliphatic carbocycles. The van der Waals surface area contributed by atoms with E-state index < -0.39 is 20.1 Å². The lowest BCUT2D eigenvalue weighted by Gasteiger charge is -2.15. The predicted octanol–water partition coefficient (Wildman–Crippen LogP) is -0.287. The minimum absolute atomic E-state index is 0.167. The van der Waals surface area contributed by atoms with E-state index in [2.05, 4.69) is 9.62 Å². The van der Waals surface area contributed by atoms with Crippen molar-refractivity contribution >= 4 is 20.1 Å². The second-order valence-corrected chi connectivity index (χ2v) is 9.22. The van der Waals surface area contributed by atoms with Gasteiger partial charge in [-0.2, -0.15) is 0 Å². The summed E-state index contributed by atoms with van der Waals surface area (Å²) in [4.78, 5) is 1.86. The van der Waals surface area contributed by atoms with E-state index >= 15 is 0 Å². The van der Waals surface area contributed by atoms with Crippen LogP contribution in [0.25, 0.3) is 0 Å². The molecule has 0 aromatic heterocycles. The van der Waals surface area contributed by atoms with Crippen molar-refractivity contribution in [1.29, 1.82) is 0 Å². The molecule has 0 atom stereocenters.